The van der Waals surface area contributed by atoms with Crippen molar-refractivity contribution in [1.82, 2.24) is 19.5 Å². The number of imidazole rings is 1. The summed E-state index contributed by atoms with van der Waals surface area (Å²) in [5.41, 5.74) is 5.63. The topological polar surface area (TPSA) is 134 Å². The van der Waals surface area contributed by atoms with Crippen LogP contribution in [0.5, 0.6) is 11.5 Å². The molecule has 2 aromatic heterocycles. The minimum absolute atomic E-state index is 0.0128. The molecule has 0 unspecified atom stereocenters. The Bertz CT molecular complexity index is 1280. The third kappa shape index (κ3) is 5.23. The van der Waals surface area contributed by atoms with E-state index in [1.165, 1.54) is 16.7 Å². The number of nitrogen functional groups attached to an aromatic ring is 1. The van der Waals surface area contributed by atoms with Crippen LogP contribution in [0.25, 0.3) is 11.2 Å². The molecule has 4 aromatic rings. The number of para-hydroxylation sites is 2. The summed E-state index contributed by atoms with van der Waals surface area (Å²) < 4.78 is 31.8. The van der Waals surface area contributed by atoms with E-state index in [1.54, 1.807) is 54.6 Å². The summed E-state index contributed by atoms with van der Waals surface area (Å²) in [7, 11) is -3.67. The molecule has 32 heavy (non-hydrogen) atoms. The van der Waals surface area contributed by atoms with Gasteiger partial charge in [0.2, 0.25) is 5.95 Å². The number of nitrogens with zero attached hydrogens (tertiary/aromatic N) is 3. The molecule has 11 heteroatoms. The van der Waals surface area contributed by atoms with Gasteiger partial charge in [-0.05, 0) is 30.3 Å². The fraction of sp³-hybridized carbons (Fsp3) is 0.0952. The number of H-pyrrole nitrogens is 1. The Labute approximate surface area is 182 Å². The van der Waals surface area contributed by atoms with Crippen molar-refractivity contribution in [1.29, 1.82) is 0 Å². The highest BCUT2D eigenvalue weighted by Crippen LogP contribution is 2.49. The van der Waals surface area contributed by atoms with Crippen LogP contribution >= 0.6 is 7.60 Å². The number of benzene rings is 2. The molecule has 0 amide bonds. The van der Waals surface area contributed by atoms with Gasteiger partial charge in [-0.3, -0.25) is 14.3 Å². The lowest BCUT2D eigenvalue weighted by molar-refractivity contribution is 0.103. The third-order valence-corrected chi connectivity index (χ3v) is 5.68. The summed E-state index contributed by atoms with van der Waals surface area (Å²) in [6, 6.07) is 17.5. The molecule has 2 heterocycles. The van der Waals surface area contributed by atoms with Gasteiger partial charge in [0.25, 0.3) is 5.56 Å². The lowest BCUT2D eigenvalue weighted by atomic mass is 10.3. The summed E-state index contributed by atoms with van der Waals surface area (Å²) in [6.45, 7) is 0.152. The van der Waals surface area contributed by atoms with Crippen LogP contribution in [0, 0.1) is 0 Å². The van der Waals surface area contributed by atoms with Crippen LogP contribution in [0.4, 0.5) is 5.95 Å². The zero-order valence-electron chi connectivity index (χ0n) is 16.8. The number of rotatable bonds is 9. The van der Waals surface area contributed by atoms with Crippen molar-refractivity contribution >= 4 is 24.7 Å². The average Bonchev–Trinajstić information content (AvgIpc) is 3.18. The second-order valence-electron chi connectivity index (χ2n) is 6.57. The first-order valence-electron chi connectivity index (χ1n) is 9.57. The molecule has 4 rings (SSSR count). The fourth-order valence-corrected chi connectivity index (χ4v) is 4.13. The molecule has 2 aromatic carbocycles. The van der Waals surface area contributed by atoms with E-state index >= 15 is 0 Å². The van der Waals surface area contributed by atoms with Crippen LogP contribution < -0.4 is 20.3 Å². The van der Waals surface area contributed by atoms with E-state index in [9.17, 15) is 9.36 Å². The highest BCUT2D eigenvalue weighted by atomic mass is 31.2. The summed E-state index contributed by atoms with van der Waals surface area (Å²) in [4.78, 5) is 22.3. The number of fused-ring (bicyclic) bond motifs is 1. The van der Waals surface area contributed by atoms with Crippen molar-refractivity contribution < 1.29 is 18.3 Å². The molecule has 164 valence electrons. The van der Waals surface area contributed by atoms with Crippen LogP contribution in [-0.4, -0.2) is 26.1 Å². The monoisotopic (exact) mass is 453 g/mol. The molecule has 0 aliphatic heterocycles. The van der Waals surface area contributed by atoms with Gasteiger partial charge in [0.1, 0.15) is 18.2 Å². The standard InChI is InChI=1S/C21H20N5O5P/c22-21-24-19-18(20(27)25-21)23-14-26(19)15-29-12-7-13-32(28,30-16-8-3-1-4-9-16)31-17-10-5-2-6-11-17/h1-11,13-14H,12,15H2,(H3,22,24,25,27)/b13-7-. The van der Waals surface area contributed by atoms with Crippen molar-refractivity contribution in [3.05, 3.63) is 89.2 Å². The Balaban J connectivity index is 1.43. The number of ether oxygens (including phenoxy) is 1. The number of aromatic amines is 1. The van der Waals surface area contributed by atoms with Gasteiger partial charge >= 0.3 is 7.60 Å². The normalized spacial score (nSPS) is 11.8. The molecular weight excluding hydrogens is 433 g/mol. The zero-order chi connectivity index (χ0) is 22.4. The third-order valence-electron chi connectivity index (χ3n) is 4.18. The van der Waals surface area contributed by atoms with Gasteiger partial charge in [-0.2, -0.15) is 4.98 Å². The van der Waals surface area contributed by atoms with E-state index in [4.69, 9.17) is 19.5 Å². The molecule has 0 aliphatic carbocycles. The van der Waals surface area contributed by atoms with Crippen molar-refractivity contribution in [2.24, 2.45) is 0 Å². The quantitative estimate of drug-likeness (QED) is 0.290. The first-order chi connectivity index (χ1) is 15.5. The lowest BCUT2D eigenvalue weighted by Crippen LogP contribution is -2.12. The van der Waals surface area contributed by atoms with Crippen molar-refractivity contribution in [3.8, 4) is 11.5 Å². The number of nitrogens with two attached hydrogens (primary N) is 1. The maximum absolute atomic E-state index is 13.3. The zero-order valence-corrected chi connectivity index (χ0v) is 17.7. The van der Waals surface area contributed by atoms with E-state index < -0.39 is 13.2 Å². The summed E-state index contributed by atoms with van der Waals surface area (Å²) >= 11 is 0. The van der Waals surface area contributed by atoms with Crippen molar-refractivity contribution in [2.75, 3.05) is 12.3 Å². The van der Waals surface area contributed by atoms with Crippen LogP contribution in [0.3, 0.4) is 0 Å². The van der Waals surface area contributed by atoms with Crippen LogP contribution in [0.1, 0.15) is 0 Å². The molecule has 0 saturated carbocycles. The van der Waals surface area contributed by atoms with E-state index in [1.807, 2.05) is 12.1 Å². The Hall–Kier alpha value is -3.88. The van der Waals surface area contributed by atoms with Gasteiger partial charge in [-0.1, -0.05) is 36.4 Å². The minimum Gasteiger partial charge on any atom is -0.413 e. The Morgan fingerprint density at radius 1 is 1.03 bits per heavy atom. The average molecular weight is 453 g/mol. The smallest absolute Gasteiger partial charge is 0.413 e. The second kappa shape index (κ2) is 9.51. The number of hydrogen-bond acceptors (Lipinski definition) is 8. The van der Waals surface area contributed by atoms with Crippen LogP contribution in [0.2, 0.25) is 0 Å². The predicted molar refractivity (Wildman–Crippen MR) is 119 cm³/mol. The molecule has 0 fully saturated rings. The van der Waals surface area contributed by atoms with Gasteiger partial charge in [0.15, 0.2) is 11.2 Å². The molecular formula is C21H20N5O5P. The first kappa shape index (κ1) is 21.4. The van der Waals surface area contributed by atoms with Gasteiger partial charge < -0.3 is 19.5 Å². The fourth-order valence-electron chi connectivity index (χ4n) is 2.79. The maximum atomic E-state index is 13.3. The van der Waals surface area contributed by atoms with E-state index in [-0.39, 0.29) is 24.8 Å². The van der Waals surface area contributed by atoms with Gasteiger partial charge in [-0.25, -0.2) is 9.55 Å². The van der Waals surface area contributed by atoms with E-state index in [2.05, 4.69) is 15.0 Å². The van der Waals surface area contributed by atoms with E-state index in [0.29, 0.717) is 17.1 Å². The number of anilines is 1. The number of hydrogen-bond donors (Lipinski definition) is 2. The van der Waals surface area contributed by atoms with Gasteiger partial charge in [0.05, 0.1) is 18.8 Å². The van der Waals surface area contributed by atoms with Crippen molar-refractivity contribution in [2.45, 2.75) is 6.73 Å². The molecule has 0 saturated heterocycles. The molecule has 0 radical (unpaired) electrons. The second-order valence-corrected chi connectivity index (χ2v) is 8.31. The van der Waals surface area contributed by atoms with Crippen molar-refractivity contribution in [3.63, 3.8) is 0 Å². The molecule has 3 N–H and O–H groups in total. The maximum Gasteiger partial charge on any atom is 0.455 e. The molecule has 0 aliphatic rings. The molecule has 10 nitrogen and oxygen atoms in total. The summed E-state index contributed by atoms with van der Waals surface area (Å²) in [6.07, 6.45) is 2.97. The predicted octanol–water partition coefficient (Wildman–Crippen LogP) is 3.54. The van der Waals surface area contributed by atoms with Crippen LogP contribution in [-0.2, 0) is 16.0 Å². The summed E-state index contributed by atoms with van der Waals surface area (Å²) in [5, 5.41) is 0. The molecule has 0 atom stereocenters. The van der Waals surface area contributed by atoms with Gasteiger partial charge in [0, 0.05) is 0 Å². The highest BCUT2D eigenvalue weighted by molar-refractivity contribution is 7.58. The SMILES string of the molecule is Nc1nc2c(ncn2COC/C=C\P(=O)(Oc2ccccc2)Oc2ccccc2)c(=O)[nH]1. The Kier molecular flexibility index (Phi) is 6.34. The Morgan fingerprint density at radius 3 is 2.28 bits per heavy atom. The minimum atomic E-state index is -3.67. The number of aromatic nitrogens is 4. The Morgan fingerprint density at radius 2 is 1.66 bits per heavy atom. The van der Waals surface area contributed by atoms with Crippen LogP contribution in [0.15, 0.2) is 83.7 Å². The first-order valence-corrected chi connectivity index (χ1v) is 11.2. The highest BCUT2D eigenvalue weighted by Gasteiger charge is 2.24. The van der Waals surface area contributed by atoms with Gasteiger partial charge in [-0.15, -0.1) is 0 Å². The largest absolute Gasteiger partial charge is 0.455 e. The summed E-state index contributed by atoms with van der Waals surface area (Å²) in [5.74, 6) is 2.16. The lowest BCUT2D eigenvalue weighted by Gasteiger charge is -2.17. The molecule has 0 spiro atoms. The number of nitrogens with one attached hydrogen (secondary N) is 1. The molecule has 0 bridgehead atoms. The van der Waals surface area contributed by atoms with E-state index in [0.717, 1.165) is 0 Å².